The lowest BCUT2D eigenvalue weighted by Crippen LogP contribution is -2.47. The summed E-state index contributed by atoms with van der Waals surface area (Å²) in [5, 5.41) is 0.734. The van der Waals surface area contributed by atoms with Crippen LogP contribution in [0, 0.1) is 0 Å². The SMILES string of the molecule is O=C(CN1CCOCC1)N1CCC[C@@H](c2ncc(Cc3ccccc3Cl)o2)C1. The van der Waals surface area contributed by atoms with Crippen molar-refractivity contribution in [3.05, 3.63) is 52.7 Å². The Balaban J connectivity index is 1.36. The number of amides is 1. The van der Waals surface area contributed by atoms with Gasteiger partial charge in [-0.05, 0) is 24.5 Å². The monoisotopic (exact) mass is 403 g/mol. The number of benzene rings is 1. The summed E-state index contributed by atoms with van der Waals surface area (Å²) in [6.07, 6.45) is 4.38. The highest BCUT2D eigenvalue weighted by molar-refractivity contribution is 6.31. The minimum absolute atomic E-state index is 0.155. The molecule has 6 nitrogen and oxygen atoms in total. The number of rotatable bonds is 5. The van der Waals surface area contributed by atoms with Crippen molar-refractivity contribution in [1.82, 2.24) is 14.8 Å². The first-order chi connectivity index (χ1) is 13.7. The van der Waals surface area contributed by atoms with E-state index in [1.807, 2.05) is 29.2 Å². The van der Waals surface area contributed by atoms with E-state index in [4.69, 9.17) is 20.8 Å². The largest absolute Gasteiger partial charge is 0.445 e. The van der Waals surface area contributed by atoms with Gasteiger partial charge in [-0.1, -0.05) is 29.8 Å². The van der Waals surface area contributed by atoms with Crippen molar-refractivity contribution < 1.29 is 13.9 Å². The number of oxazole rings is 1. The van der Waals surface area contributed by atoms with Gasteiger partial charge in [-0.2, -0.15) is 0 Å². The molecule has 3 heterocycles. The topological polar surface area (TPSA) is 58.8 Å². The van der Waals surface area contributed by atoms with Gasteiger partial charge < -0.3 is 14.1 Å². The van der Waals surface area contributed by atoms with E-state index in [1.54, 1.807) is 6.20 Å². The van der Waals surface area contributed by atoms with E-state index in [0.29, 0.717) is 32.7 Å². The van der Waals surface area contributed by atoms with E-state index in [0.717, 1.165) is 54.7 Å². The third-order valence-corrected chi connectivity index (χ3v) is 5.85. The van der Waals surface area contributed by atoms with E-state index in [9.17, 15) is 4.79 Å². The molecule has 2 aliphatic rings. The Kier molecular flexibility index (Phi) is 6.29. The van der Waals surface area contributed by atoms with Crippen molar-refractivity contribution in [2.45, 2.75) is 25.2 Å². The number of carbonyl (C=O) groups is 1. The standard InChI is InChI=1S/C21H26ClN3O3/c22-19-6-2-1-4-16(19)12-18-13-23-21(28-18)17-5-3-7-25(14-17)20(26)15-24-8-10-27-11-9-24/h1-2,4,6,13,17H,3,5,7-12,14-15H2/t17-/m1/s1. The summed E-state index contributed by atoms with van der Waals surface area (Å²) in [4.78, 5) is 21.3. The summed E-state index contributed by atoms with van der Waals surface area (Å²) in [5.74, 6) is 1.88. The Morgan fingerprint density at radius 2 is 2.04 bits per heavy atom. The number of nitrogens with zero attached hydrogens (tertiary/aromatic N) is 3. The van der Waals surface area contributed by atoms with Crippen LogP contribution in [-0.4, -0.2) is 66.6 Å². The Hall–Kier alpha value is -1.89. The third-order valence-electron chi connectivity index (χ3n) is 5.48. The number of piperidine rings is 1. The molecule has 0 N–H and O–H groups in total. The van der Waals surface area contributed by atoms with Crippen molar-refractivity contribution in [2.75, 3.05) is 45.9 Å². The maximum Gasteiger partial charge on any atom is 0.236 e. The predicted octanol–water partition coefficient (Wildman–Crippen LogP) is 2.96. The van der Waals surface area contributed by atoms with E-state index in [-0.39, 0.29) is 11.8 Å². The normalized spacial score (nSPS) is 21.0. The third kappa shape index (κ3) is 4.74. The molecule has 0 bridgehead atoms. The highest BCUT2D eigenvalue weighted by atomic mass is 35.5. The smallest absolute Gasteiger partial charge is 0.236 e. The summed E-state index contributed by atoms with van der Waals surface area (Å²) >= 11 is 6.25. The molecule has 0 radical (unpaired) electrons. The van der Waals surface area contributed by atoms with E-state index < -0.39 is 0 Å². The van der Waals surface area contributed by atoms with Crippen LogP contribution in [0.4, 0.5) is 0 Å². The lowest BCUT2D eigenvalue weighted by molar-refractivity contribution is -0.134. The highest BCUT2D eigenvalue weighted by Crippen LogP contribution is 2.28. The summed E-state index contributed by atoms with van der Waals surface area (Å²) in [5.41, 5.74) is 1.03. The van der Waals surface area contributed by atoms with Crippen LogP contribution in [0.2, 0.25) is 5.02 Å². The second kappa shape index (κ2) is 9.07. The minimum atomic E-state index is 0.155. The maximum atomic E-state index is 12.7. The van der Waals surface area contributed by atoms with Gasteiger partial charge in [0.2, 0.25) is 5.91 Å². The van der Waals surface area contributed by atoms with Crippen molar-refractivity contribution in [1.29, 1.82) is 0 Å². The average molecular weight is 404 g/mol. The summed E-state index contributed by atoms with van der Waals surface area (Å²) in [7, 11) is 0. The first-order valence-electron chi connectivity index (χ1n) is 9.95. The number of halogens is 1. The number of morpholine rings is 1. The highest BCUT2D eigenvalue weighted by Gasteiger charge is 2.29. The number of hydrogen-bond acceptors (Lipinski definition) is 5. The quantitative estimate of drug-likeness (QED) is 0.768. The fourth-order valence-corrected chi connectivity index (χ4v) is 4.08. The fraction of sp³-hybridized carbons (Fsp3) is 0.524. The minimum Gasteiger partial charge on any atom is -0.445 e. The second-order valence-electron chi connectivity index (χ2n) is 7.50. The summed E-state index contributed by atoms with van der Waals surface area (Å²) in [6, 6.07) is 7.77. The van der Waals surface area contributed by atoms with Gasteiger partial charge in [0.15, 0.2) is 5.89 Å². The Morgan fingerprint density at radius 3 is 2.86 bits per heavy atom. The zero-order chi connectivity index (χ0) is 19.3. The molecule has 0 aliphatic carbocycles. The fourth-order valence-electron chi connectivity index (χ4n) is 3.88. The van der Waals surface area contributed by atoms with Crippen LogP contribution in [0.1, 0.15) is 36.0 Å². The summed E-state index contributed by atoms with van der Waals surface area (Å²) in [6.45, 7) is 5.03. The molecule has 1 atom stereocenters. The van der Waals surface area contributed by atoms with Crippen LogP contribution < -0.4 is 0 Å². The van der Waals surface area contributed by atoms with Crippen molar-refractivity contribution in [3.63, 3.8) is 0 Å². The molecule has 2 saturated heterocycles. The second-order valence-corrected chi connectivity index (χ2v) is 7.91. The van der Waals surface area contributed by atoms with Crippen molar-refractivity contribution in [2.24, 2.45) is 0 Å². The maximum absolute atomic E-state index is 12.7. The average Bonchev–Trinajstić information content (AvgIpc) is 3.19. The Bertz CT molecular complexity index is 804. The van der Waals surface area contributed by atoms with Crippen LogP contribution >= 0.6 is 11.6 Å². The van der Waals surface area contributed by atoms with Gasteiger partial charge in [0, 0.05) is 37.6 Å². The molecular formula is C21H26ClN3O3. The van der Waals surface area contributed by atoms with Gasteiger partial charge in [-0.25, -0.2) is 4.98 Å². The van der Waals surface area contributed by atoms with Crippen LogP contribution in [0.3, 0.4) is 0 Å². The summed E-state index contributed by atoms with van der Waals surface area (Å²) < 4.78 is 11.4. The lowest BCUT2D eigenvalue weighted by Gasteiger charge is -2.34. The molecule has 0 unspecified atom stereocenters. The predicted molar refractivity (Wildman–Crippen MR) is 107 cm³/mol. The lowest BCUT2D eigenvalue weighted by atomic mass is 9.98. The van der Waals surface area contributed by atoms with Crippen LogP contribution in [0.5, 0.6) is 0 Å². The number of ether oxygens (including phenoxy) is 1. The Labute approximate surface area is 170 Å². The Morgan fingerprint density at radius 1 is 1.21 bits per heavy atom. The molecule has 1 amide bonds. The molecule has 28 heavy (non-hydrogen) atoms. The molecule has 0 spiro atoms. The molecule has 2 aromatic rings. The number of likely N-dealkylation sites (tertiary alicyclic amines) is 1. The van der Waals surface area contributed by atoms with Crippen LogP contribution in [0.25, 0.3) is 0 Å². The molecule has 4 rings (SSSR count). The van der Waals surface area contributed by atoms with Crippen molar-refractivity contribution >= 4 is 17.5 Å². The number of hydrogen-bond donors (Lipinski definition) is 0. The zero-order valence-corrected chi connectivity index (χ0v) is 16.7. The first-order valence-corrected chi connectivity index (χ1v) is 10.3. The molecule has 1 aromatic carbocycles. The van der Waals surface area contributed by atoms with E-state index >= 15 is 0 Å². The van der Waals surface area contributed by atoms with Crippen LogP contribution in [-0.2, 0) is 16.0 Å². The molecular weight excluding hydrogens is 378 g/mol. The van der Waals surface area contributed by atoms with E-state index in [1.165, 1.54) is 0 Å². The van der Waals surface area contributed by atoms with Gasteiger partial charge in [0.25, 0.3) is 0 Å². The van der Waals surface area contributed by atoms with Crippen LogP contribution in [0.15, 0.2) is 34.9 Å². The van der Waals surface area contributed by atoms with Gasteiger partial charge in [0.1, 0.15) is 5.76 Å². The van der Waals surface area contributed by atoms with Gasteiger partial charge in [-0.3, -0.25) is 9.69 Å². The van der Waals surface area contributed by atoms with E-state index in [2.05, 4.69) is 9.88 Å². The molecule has 2 fully saturated rings. The van der Waals surface area contributed by atoms with Gasteiger partial charge in [-0.15, -0.1) is 0 Å². The molecule has 1 aromatic heterocycles. The number of carbonyl (C=O) groups excluding carboxylic acids is 1. The zero-order valence-electron chi connectivity index (χ0n) is 16.0. The molecule has 150 valence electrons. The first kappa shape index (κ1) is 19.4. The molecule has 7 heteroatoms. The molecule has 2 aliphatic heterocycles. The number of aromatic nitrogens is 1. The van der Waals surface area contributed by atoms with Gasteiger partial charge in [0.05, 0.1) is 31.9 Å². The van der Waals surface area contributed by atoms with Crippen molar-refractivity contribution in [3.8, 4) is 0 Å². The van der Waals surface area contributed by atoms with Gasteiger partial charge >= 0.3 is 0 Å². The molecule has 0 saturated carbocycles.